The van der Waals surface area contributed by atoms with Crippen molar-refractivity contribution in [2.24, 2.45) is 11.1 Å². The number of carbonyl (C=O) groups is 1. The smallest absolute Gasteiger partial charge is 0.306 e. The molecule has 0 aromatic rings. The van der Waals surface area contributed by atoms with E-state index >= 15 is 0 Å². The highest BCUT2D eigenvalue weighted by Gasteiger charge is 2.24. The fourth-order valence-corrected chi connectivity index (χ4v) is 0.856. The highest BCUT2D eigenvalue weighted by Crippen LogP contribution is 2.30. The molecule has 4 nitrogen and oxygen atoms in total. The summed E-state index contributed by atoms with van der Waals surface area (Å²) in [5.74, 6) is -0.260. The Labute approximate surface area is 71.2 Å². The summed E-state index contributed by atoms with van der Waals surface area (Å²) in [6.45, 7) is 2.08. The first-order chi connectivity index (χ1) is 5.70. The summed E-state index contributed by atoms with van der Waals surface area (Å²) in [6, 6.07) is 0. The summed E-state index contributed by atoms with van der Waals surface area (Å²) < 4.78 is 0. The minimum atomic E-state index is -0.853. The third-order valence-corrected chi connectivity index (χ3v) is 1.78. The second-order valence-corrected chi connectivity index (χ2v) is 2.98. The van der Waals surface area contributed by atoms with Gasteiger partial charge in [0.15, 0.2) is 0 Å². The van der Waals surface area contributed by atoms with Gasteiger partial charge in [-0.2, -0.15) is 0 Å². The predicted octanol–water partition coefficient (Wildman–Crippen LogP) is 1.26. The molecule has 0 saturated heterocycles. The molecule has 1 N–H and O–H groups in total. The van der Waals surface area contributed by atoms with E-state index in [1.807, 2.05) is 6.92 Å². The maximum absolute atomic E-state index is 10.1. The second kappa shape index (κ2) is 4.09. The van der Waals surface area contributed by atoms with Gasteiger partial charge < -0.3 is 9.94 Å². The summed E-state index contributed by atoms with van der Waals surface area (Å²) >= 11 is 0. The van der Waals surface area contributed by atoms with Gasteiger partial charge >= 0.3 is 5.97 Å². The molecular formula is C8H13NO3. The van der Waals surface area contributed by atoms with E-state index in [9.17, 15) is 4.79 Å². The topological polar surface area (TPSA) is 58.9 Å². The van der Waals surface area contributed by atoms with E-state index in [0.29, 0.717) is 5.92 Å². The molecular weight excluding hydrogens is 158 g/mol. The third kappa shape index (κ3) is 3.37. The van der Waals surface area contributed by atoms with Crippen LogP contribution in [0.4, 0.5) is 0 Å². The van der Waals surface area contributed by atoms with Crippen LogP contribution in [0.3, 0.4) is 0 Å². The number of carboxylic acid groups (broad SMARTS) is 1. The Hall–Kier alpha value is -1.06. The molecule has 0 bridgehead atoms. The molecule has 1 fully saturated rings. The lowest BCUT2D eigenvalue weighted by atomic mass is 10.3. The first-order valence-corrected chi connectivity index (χ1v) is 4.08. The molecule has 1 aliphatic rings. The molecule has 1 aliphatic carbocycles. The van der Waals surface area contributed by atoms with Crippen molar-refractivity contribution in [1.82, 2.24) is 0 Å². The molecule has 0 radical (unpaired) electrons. The van der Waals surface area contributed by atoms with E-state index in [1.165, 1.54) is 12.8 Å². The van der Waals surface area contributed by atoms with Gasteiger partial charge in [0.2, 0.25) is 0 Å². The van der Waals surface area contributed by atoms with Crippen LogP contribution in [0.15, 0.2) is 5.16 Å². The monoisotopic (exact) mass is 171 g/mol. The molecule has 4 heteroatoms. The number of aliphatic carboxylic acids is 1. The molecule has 0 amide bonds. The molecule has 0 unspecified atom stereocenters. The maximum atomic E-state index is 10.1. The average molecular weight is 171 g/mol. The second-order valence-electron chi connectivity index (χ2n) is 2.98. The fourth-order valence-electron chi connectivity index (χ4n) is 0.856. The summed E-state index contributed by atoms with van der Waals surface area (Å²) in [5.41, 5.74) is 0.986. The molecule has 68 valence electrons. The van der Waals surface area contributed by atoms with Crippen LogP contribution < -0.4 is 0 Å². The summed E-state index contributed by atoms with van der Waals surface area (Å²) in [7, 11) is 0. The molecule has 0 spiro atoms. The Balaban J connectivity index is 2.07. The van der Waals surface area contributed by atoms with E-state index in [1.54, 1.807) is 0 Å². The van der Waals surface area contributed by atoms with Gasteiger partial charge in [-0.05, 0) is 19.8 Å². The van der Waals surface area contributed by atoms with E-state index < -0.39 is 5.97 Å². The lowest BCUT2D eigenvalue weighted by Crippen LogP contribution is -2.02. The Kier molecular flexibility index (Phi) is 3.08. The fraction of sp³-hybridized carbons (Fsp3) is 0.750. The quantitative estimate of drug-likeness (QED) is 0.385. The first-order valence-electron chi connectivity index (χ1n) is 4.08. The molecule has 0 aromatic carbocycles. The SMILES string of the molecule is C/C(=N\OCCC(=O)O)C1CC1. The van der Waals surface area contributed by atoms with Gasteiger partial charge in [0, 0.05) is 5.92 Å². The average Bonchev–Trinajstić information content (AvgIpc) is 2.79. The van der Waals surface area contributed by atoms with Gasteiger partial charge in [0.25, 0.3) is 0 Å². The number of hydrogen-bond donors (Lipinski definition) is 1. The van der Waals surface area contributed by atoms with Crippen LogP contribution in [0.1, 0.15) is 26.2 Å². The minimum Gasteiger partial charge on any atom is -0.481 e. The zero-order valence-corrected chi connectivity index (χ0v) is 7.12. The standard InChI is InChI=1S/C8H13NO3/c1-6(7-2-3-7)9-12-5-4-8(10)11/h7H,2-5H2,1H3,(H,10,11)/b9-6+. The Morgan fingerprint density at radius 2 is 2.33 bits per heavy atom. The maximum Gasteiger partial charge on any atom is 0.306 e. The Morgan fingerprint density at radius 1 is 1.67 bits per heavy atom. The van der Waals surface area contributed by atoms with Gasteiger partial charge in [-0.25, -0.2) is 0 Å². The van der Waals surface area contributed by atoms with Crippen molar-refractivity contribution in [3.8, 4) is 0 Å². The van der Waals surface area contributed by atoms with Gasteiger partial charge in [-0.1, -0.05) is 5.16 Å². The van der Waals surface area contributed by atoms with Crippen LogP contribution in [0, 0.1) is 5.92 Å². The largest absolute Gasteiger partial charge is 0.481 e. The number of carboxylic acids is 1. The molecule has 1 rings (SSSR count). The molecule has 1 saturated carbocycles. The lowest BCUT2D eigenvalue weighted by Gasteiger charge is -1.97. The number of nitrogens with zero attached hydrogens (tertiary/aromatic N) is 1. The third-order valence-electron chi connectivity index (χ3n) is 1.78. The molecule has 12 heavy (non-hydrogen) atoms. The van der Waals surface area contributed by atoms with E-state index in [2.05, 4.69) is 5.16 Å². The zero-order chi connectivity index (χ0) is 8.97. The number of hydrogen-bond acceptors (Lipinski definition) is 3. The van der Waals surface area contributed by atoms with Crippen molar-refractivity contribution >= 4 is 11.7 Å². The van der Waals surface area contributed by atoms with Crippen LogP contribution in [-0.4, -0.2) is 23.4 Å². The summed E-state index contributed by atoms with van der Waals surface area (Å²) in [6.07, 6.45) is 2.40. The van der Waals surface area contributed by atoms with Gasteiger partial charge in [0.05, 0.1) is 12.1 Å². The normalized spacial score (nSPS) is 17.6. The zero-order valence-electron chi connectivity index (χ0n) is 7.12. The highest BCUT2D eigenvalue weighted by atomic mass is 16.6. The van der Waals surface area contributed by atoms with Crippen molar-refractivity contribution in [1.29, 1.82) is 0 Å². The van der Waals surface area contributed by atoms with Crippen molar-refractivity contribution < 1.29 is 14.7 Å². The van der Waals surface area contributed by atoms with Crippen molar-refractivity contribution in [3.63, 3.8) is 0 Å². The molecule has 0 aromatic heterocycles. The predicted molar refractivity (Wildman–Crippen MR) is 44.0 cm³/mol. The van der Waals surface area contributed by atoms with Crippen LogP contribution >= 0.6 is 0 Å². The van der Waals surface area contributed by atoms with Crippen molar-refractivity contribution in [3.05, 3.63) is 0 Å². The Bertz CT molecular complexity index is 196. The van der Waals surface area contributed by atoms with Crippen LogP contribution in [0.5, 0.6) is 0 Å². The first kappa shape index (κ1) is 9.03. The molecule has 0 heterocycles. The van der Waals surface area contributed by atoms with Gasteiger partial charge in [0.1, 0.15) is 6.61 Å². The van der Waals surface area contributed by atoms with Crippen molar-refractivity contribution in [2.45, 2.75) is 26.2 Å². The number of rotatable bonds is 5. The Morgan fingerprint density at radius 3 is 2.83 bits per heavy atom. The van der Waals surface area contributed by atoms with Crippen molar-refractivity contribution in [2.75, 3.05) is 6.61 Å². The van der Waals surface area contributed by atoms with Gasteiger partial charge in [-0.3, -0.25) is 4.79 Å². The van der Waals surface area contributed by atoms with Crippen LogP contribution in [0.2, 0.25) is 0 Å². The summed E-state index contributed by atoms with van der Waals surface area (Å²) in [5, 5.41) is 12.1. The van der Waals surface area contributed by atoms with Crippen LogP contribution in [-0.2, 0) is 9.63 Å². The number of oxime groups is 1. The van der Waals surface area contributed by atoms with Gasteiger partial charge in [-0.15, -0.1) is 0 Å². The highest BCUT2D eigenvalue weighted by molar-refractivity contribution is 5.85. The van der Waals surface area contributed by atoms with Crippen LogP contribution in [0.25, 0.3) is 0 Å². The minimum absolute atomic E-state index is 0.0153. The van der Waals surface area contributed by atoms with E-state index in [0.717, 1.165) is 5.71 Å². The summed E-state index contributed by atoms with van der Waals surface area (Å²) in [4.78, 5) is 14.9. The van der Waals surface area contributed by atoms with E-state index in [-0.39, 0.29) is 13.0 Å². The molecule has 0 aliphatic heterocycles. The molecule has 0 atom stereocenters. The lowest BCUT2D eigenvalue weighted by molar-refractivity contribution is -0.138. The van der Waals surface area contributed by atoms with E-state index in [4.69, 9.17) is 9.94 Å².